The number of anilines is 1. The maximum absolute atomic E-state index is 4.49. The van der Waals surface area contributed by atoms with E-state index in [4.69, 9.17) is 0 Å². The highest BCUT2D eigenvalue weighted by molar-refractivity contribution is 5.50. The third kappa shape index (κ3) is 2.27. The fraction of sp³-hybridized carbons (Fsp3) is 0.294. The summed E-state index contributed by atoms with van der Waals surface area (Å²) in [6.07, 6.45) is 5.16. The summed E-state index contributed by atoms with van der Waals surface area (Å²) in [4.78, 5) is 4.49. The summed E-state index contributed by atoms with van der Waals surface area (Å²) in [5, 5.41) is 8.01. The molecule has 0 unspecified atom stereocenters. The molecule has 1 N–H and O–H groups in total. The first-order valence-electron chi connectivity index (χ1n) is 7.44. The van der Waals surface area contributed by atoms with E-state index in [1.165, 1.54) is 11.1 Å². The summed E-state index contributed by atoms with van der Waals surface area (Å²) in [6.45, 7) is 2.02. The van der Waals surface area contributed by atoms with Crippen molar-refractivity contribution in [2.45, 2.75) is 32.2 Å². The molecule has 1 atom stereocenters. The van der Waals surface area contributed by atoms with Crippen molar-refractivity contribution in [3.8, 4) is 0 Å². The van der Waals surface area contributed by atoms with Crippen molar-refractivity contribution in [1.82, 2.24) is 14.6 Å². The largest absolute Gasteiger partial charge is 0.367 e. The van der Waals surface area contributed by atoms with Crippen LogP contribution in [0.2, 0.25) is 0 Å². The number of rotatable bonds is 2. The van der Waals surface area contributed by atoms with Gasteiger partial charge in [0.15, 0.2) is 5.65 Å². The lowest BCUT2D eigenvalue weighted by Crippen LogP contribution is -2.28. The van der Waals surface area contributed by atoms with Gasteiger partial charge in [-0.15, -0.1) is 0 Å². The Labute approximate surface area is 123 Å². The molecular formula is C17H18N4. The van der Waals surface area contributed by atoms with E-state index in [2.05, 4.69) is 45.7 Å². The van der Waals surface area contributed by atoms with Gasteiger partial charge in [-0.2, -0.15) is 9.61 Å². The predicted molar refractivity (Wildman–Crippen MR) is 83.6 cm³/mol. The summed E-state index contributed by atoms with van der Waals surface area (Å²) >= 11 is 0. The number of hydrogen-bond donors (Lipinski definition) is 1. The van der Waals surface area contributed by atoms with Crippen LogP contribution in [0.1, 0.15) is 23.2 Å². The summed E-state index contributed by atoms with van der Waals surface area (Å²) in [7, 11) is 0. The molecule has 0 saturated heterocycles. The first kappa shape index (κ1) is 12.4. The van der Waals surface area contributed by atoms with Gasteiger partial charge in [0.1, 0.15) is 5.82 Å². The fourth-order valence-electron chi connectivity index (χ4n) is 3.17. The summed E-state index contributed by atoms with van der Waals surface area (Å²) < 4.78 is 1.88. The van der Waals surface area contributed by atoms with Crippen molar-refractivity contribution in [2.75, 3.05) is 5.32 Å². The average Bonchev–Trinajstić information content (AvgIpc) is 2.95. The van der Waals surface area contributed by atoms with E-state index >= 15 is 0 Å². The second-order valence-corrected chi connectivity index (χ2v) is 5.74. The van der Waals surface area contributed by atoms with Crippen molar-refractivity contribution < 1.29 is 0 Å². The smallest absolute Gasteiger partial charge is 0.157 e. The van der Waals surface area contributed by atoms with Crippen LogP contribution < -0.4 is 5.32 Å². The zero-order chi connectivity index (χ0) is 14.2. The van der Waals surface area contributed by atoms with Crippen molar-refractivity contribution in [3.63, 3.8) is 0 Å². The van der Waals surface area contributed by atoms with Crippen molar-refractivity contribution >= 4 is 11.5 Å². The van der Waals surface area contributed by atoms with Crippen LogP contribution in [0.5, 0.6) is 0 Å². The number of hydrogen-bond acceptors (Lipinski definition) is 3. The minimum Gasteiger partial charge on any atom is -0.367 e. The average molecular weight is 278 g/mol. The number of nitrogens with zero attached hydrogens (tertiary/aromatic N) is 3. The molecule has 1 aromatic carbocycles. The van der Waals surface area contributed by atoms with Gasteiger partial charge in [0.25, 0.3) is 0 Å². The Kier molecular flexibility index (Phi) is 2.88. The molecule has 0 spiro atoms. The molecule has 4 heteroatoms. The zero-order valence-corrected chi connectivity index (χ0v) is 12.1. The number of fused-ring (bicyclic) bond motifs is 2. The van der Waals surface area contributed by atoms with Crippen LogP contribution in [-0.2, 0) is 12.8 Å². The van der Waals surface area contributed by atoms with Crippen LogP contribution in [0.25, 0.3) is 5.65 Å². The molecule has 0 aliphatic heterocycles. The van der Waals surface area contributed by atoms with Gasteiger partial charge in [0.05, 0.1) is 6.20 Å². The predicted octanol–water partition coefficient (Wildman–Crippen LogP) is 3.01. The van der Waals surface area contributed by atoms with Crippen LogP contribution in [0.4, 0.5) is 5.82 Å². The third-order valence-corrected chi connectivity index (χ3v) is 4.19. The summed E-state index contributed by atoms with van der Waals surface area (Å²) in [5.74, 6) is 1.03. The quantitative estimate of drug-likeness (QED) is 0.783. The van der Waals surface area contributed by atoms with Crippen LogP contribution in [0.15, 0.2) is 42.6 Å². The highest BCUT2D eigenvalue weighted by atomic mass is 15.3. The van der Waals surface area contributed by atoms with E-state index < -0.39 is 0 Å². The van der Waals surface area contributed by atoms with Crippen molar-refractivity contribution in [1.29, 1.82) is 0 Å². The Bertz CT molecular complexity index is 790. The number of aryl methyl sites for hydroxylation is 2. The second kappa shape index (κ2) is 4.88. The normalized spacial score (nSPS) is 17.7. The Morgan fingerprint density at radius 3 is 2.95 bits per heavy atom. The number of nitrogens with one attached hydrogen (secondary N) is 1. The van der Waals surface area contributed by atoms with Crippen molar-refractivity contribution in [3.05, 3.63) is 59.4 Å². The van der Waals surface area contributed by atoms with E-state index in [1.807, 2.05) is 17.5 Å². The highest BCUT2D eigenvalue weighted by Crippen LogP contribution is 2.24. The van der Waals surface area contributed by atoms with Gasteiger partial charge in [-0.05, 0) is 37.3 Å². The lowest BCUT2D eigenvalue weighted by Gasteiger charge is -2.26. The van der Waals surface area contributed by atoms with Gasteiger partial charge in [-0.25, -0.2) is 4.98 Å². The minimum atomic E-state index is 0.453. The molecule has 2 heterocycles. The molecule has 1 aliphatic rings. The molecule has 1 aliphatic carbocycles. The maximum Gasteiger partial charge on any atom is 0.157 e. The Morgan fingerprint density at radius 2 is 2.05 bits per heavy atom. The van der Waals surface area contributed by atoms with Gasteiger partial charge in [0.2, 0.25) is 0 Å². The third-order valence-electron chi connectivity index (χ3n) is 4.19. The van der Waals surface area contributed by atoms with Crippen LogP contribution in [0.3, 0.4) is 0 Å². The second-order valence-electron chi connectivity index (χ2n) is 5.74. The monoisotopic (exact) mass is 278 g/mol. The van der Waals surface area contributed by atoms with Crippen LogP contribution in [-0.4, -0.2) is 20.6 Å². The minimum absolute atomic E-state index is 0.453. The first-order chi connectivity index (χ1) is 10.3. The fourth-order valence-corrected chi connectivity index (χ4v) is 3.17. The van der Waals surface area contributed by atoms with Gasteiger partial charge in [0, 0.05) is 23.9 Å². The summed E-state index contributed by atoms with van der Waals surface area (Å²) in [6, 6.07) is 13.2. The molecule has 106 valence electrons. The molecule has 4 rings (SSSR count). The molecule has 4 nitrogen and oxygen atoms in total. The van der Waals surface area contributed by atoms with Gasteiger partial charge < -0.3 is 5.32 Å². The number of benzene rings is 1. The van der Waals surface area contributed by atoms with E-state index in [9.17, 15) is 0 Å². The molecule has 2 aromatic heterocycles. The maximum atomic E-state index is 4.49. The molecule has 3 aromatic rings. The van der Waals surface area contributed by atoms with E-state index in [-0.39, 0.29) is 0 Å². The number of aromatic nitrogens is 3. The highest BCUT2D eigenvalue weighted by Gasteiger charge is 2.19. The van der Waals surface area contributed by atoms with Gasteiger partial charge in [-0.3, -0.25) is 0 Å². The Hall–Kier alpha value is -2.36. The standard InChI is InChI=1S/C17H18N4/c1-12-10-17(21-16(19-12)8-9-18-21)20-15-7-6-13-4-2-3-5-14(13)11-15/h2-5,8-10,15,20H,6-7,11H2,1H3/t15-/m1/s1. The summed E-state index contributed by atoms with van der Waals surface area (Å²) in [5.41, 5.74) is 4.87. The van der Waals surface area contributed by atoms with Crippen LogP contribution in [0, 0.1) is 6.92 Å². The van der Waals surface area contributed by atoms with Gasteiger partial charge >= 0.3 is 0 Å². The molecule has 0 amide bonds. The van der Waals surface area contributed by atoms with E-state index in [1.54, 1.807) is 6.20 Å². The molecule has 0 fully saturated rings. The molecule has 0 saturated carbocycles. The lowest BCUT2D eigenvalue weighted by atomic mass is 9.88. The van der Waals surface area contributed by atoms with E-state index in [0.29, 0.717) is 6.04 Å². The molecular weight excluding hydrogens is 260 g/mol. The lowest BCUT2D eigenvalue weighted by molar-refractivity contribution is 0.606. The molecule has 0 bridgehead atoms. The SMILES string of the molecule is Cc1cc(N[C@@H]2CCc3ccccc3C2)n2nccc2n1. The van der Waals surface area contributed by atoms with Crippen LogP contribution >= 0.6 is 0 Å². The Morgan fingerprint density at radius 1 is 1.19 bits per heavy atom. The molecule has 21 heavy (non-hydrogen) atoms. The molecule has 0 radical (unpaired) electrons. The Balaban J connectivity index is 1.63. The van der Waals surface area contributed by atoms with E-state index in [0.717, 1.165) is 36.4 Å². The van der Waals surface area contributed by atoms with Gasteiger partial charge in [-0.1, -0.05) is 24.3 Å². The van der Waals surface area contributed by atoms with Crippen molar-refractivity contribution in [2.24, 2.45) is 0 Å². The zero-order valence-electron chi connectivity index (χ0n) is 12.1. The topological polar surface area (TPSA) is 42.2 Å². The first-order valence-corrected chi connectivity index (χ1v) is 7.44.